The zero-order chi connectivity index (χ0) is 21.0. The smallest absolute Gasteiger partial charge is 0.242 e. The van der Waals surface area contributed by atoms with Gasteiger partial charge in [-0.3, -0.25) is 14.5 Å². The normalized spacial score (nSPS) is 10.6. The fraction of sp³-hybridized carbons (Fsp3) is 0.316. The van der Waals surface area contributed by atoms with Crippen LogP contribution in [0.2, 0.25) is 0 Å². The van der Waals surface area contributed by atoms with Gasteiger partial charge in [-0.05, 0) is 35.8 Å². The number of carbonyl (C=O) groups is 1. The summed E-state index contributed by atoms with van der Waals surface area (Å²) in [6.45, 7) is 0.413. The molecule has 0 aliphatic carbocycles. The molecule has 0 unspecified atom stereocenters. The summed E-state index contributed by atoms with van der Waals surface area (Å²) in [5, 5.41) is 8.98. The van der Waals surface area contributed by atoms with Gasteiger partial charge in [0.25, 0.3) is 0 Å². The van der Waals surface area contributed by atoms with Gasteiger partial charge in [-0.25, -0.2) is 0 Å². The van der Waals surface area contributed by atoms with Crippen LogP contribution in [0.3, 0.4) is 0 Å². The van der Waals surface area contributed by atoms with Gasteiger partial charge in [0.15, 0.2) is 22.1 Å². The maximum absolute atomic E-state index is 12.9. The van der Waals surface area contributed by atoms with Crippen LogP contribution in [0.15, 0.2) is 29.6 Å². The van der Waals surface area contributed by atoms with Crippen LogP contribution in [-0.2, 0) is 17.9 Å². The number of thiophene rings is 1. The zero-order valence-corrected chi connectivity index (χ0v) is 18.2. The van der Waals surface area contributed by atoms with Gasteiger partial charge in [0.2, 0.25) is 11.7 Å². The predicted molar refractivity (Wildman–Crippen MR) is 113 cm³/mol. The molecule has 3 rings (SSSR count). The van der Waals surface area contributed by atoms with Crippen molar-refractivity contribution in [1.29, 1.82) is 0 Å². The van der Waals surface area contributed by atoms with Crippen LogP contribution >= 0.6 is 23.6 Å². The minimum atomic E-state index is -0.114. The predicted octanol–water partition coefficient (Wildman–Crippen LogP) is 3.35. The summed E-state index contributed by atoms with van der Waals surface area (Å²) in [6.07, 6.45) is 0. The molecule has 0 atom stereocenters. The van der Waals surface area contributed by atoms with E-state index in [4.69, 9.17) is 26.4 Å². The fourth-order valence-corrected chi connectivity index (χ4v) is 3.86. The highest BCUT2D eigenvalue weighted by molar-refractivity contribution is 7.71. The van der Waals surface area contributed by atoms with E-state index in [-0.39, 0.29) is 12.5 Å². The third-order valence-electron chi connectivity index (χ3n) is 4.41. The molecule has 8 nitrogen and oxygen atoms in total. The molecular weight excluding hydrogens is 412 g/mol. The first-order chi connectivity index (χ1) is 14.0. The monoisotopic (exact) mass is 434 g/mol. The summed E-state index contributed by atoms with van der Waals surface area (Å²) in [4.78, 5) is 15.4. The van der Waals surface area contributed by atoms with E-state index in [2.05, 4.69) is 10.2 Å². The first-order valence-corrected chi connectivity index (χ1v) is 9.99. The van der Waals surface area contributed by atoms with E-state index in [1.54, 1.807) is 43.9 Å². The number of amides is 1. The molecule has 0 radical (unpaired) electrons. The molecule has 0 fully saturated rings. The number of hydrogen-bond donors (Lipinski definition) is 1. The number of hydrogen-bond acceptors (Lipinski definition) is 7. The lowest BCUT2D eigenvalue weighted by molar-refractivity contribution is -0.131. The first-order valence-electron chi connectivity index (χ1n) is 8.71. The van der Waals surface area contributed by atoms with Crippen LogP contribution < -0.4 is 14.2 Å². The van der Waals surface area contributed by atoms with Crippen molar-refractivity contribution in [3.63, 3.8) is 0 Å². The van der Waals surface area contributed by atoms with Gasteiger partial charge >= 0.3 is 0 Å². The summed E-state index contributed by atoms with van der Waals surface area (Å²) < 4.78 is 18.3. The van der Waals surface area contributed by atoms with Crippen LogP contribution in [0.4, 0.5) is 0 Å². The lowest BCUT2D eigenvalue weighted by atomic mass is 10.1. The third-order valence-corrected chi connectivity index (χ3v) is 5.59. The second-order valence-electron chi connectivity index (χ2n) is 6.16. The van der Waals surface area contributed by atoms with E-state index in [0.717, 1.165) is 10.4 Å². The minimum Gasteiger partial charge on any atom is -0.493 e. The van der Waals surface area contributed by atoms with Crippen LogP contribution in [-0.4, -0.2) is 53.9 Å². The lowest BCUT2D eigenvalue weighted by Gasteiger charge is -2.21. The number of likely N-dealkylation sites (N-methyl/N-ethyl adjacent to an activating group) is 1. The number of H-pyrrole nitrogens is 1. The number of rotatable bonds is 8. The van der Waals surface area contributed by atoms with Crippen molar-refractivity contribution in [3.8, 4) is 28.0 Å². The molecular formula is C19H22N4O4S2. The first kappa shape index (κ1) is 20.9. The fourth-order valence-electron chi connectivity index (χ4n) is 2.95. The zero-order valence-electron chi connectivity index (χ0n) is 16.6. The largest absolute Gasteiger partial charge is 0.493 e. The molecule has 2 aromatic heterocycles. The van der Waals surface area contributed by atoms with Crippen molar-refractivity contribution in [2.75, 3.05) is 28.4 Å². The Morgan fingerprint density at radius 1 is 1.21 bits per heavy atom. The highest BCUT2D eigenvalue weighted by atomic mass is 32.1. The van der Waals surface area contributed by atoms with E-state index >= 15 is 0 Å². The van der Waals surface area contributed by atoms with Gasteiger partial charge in [0.1, 0.15) is 6.54 Å². The van der Waals surface area contributed by atoms with Crippen LogP contribution in [0.5, 0.6) is 17.2 Å². The molecule has 0 saturated heterocycles. The number of carbonyl (C=O) groups excluding carboxylic acids is 1. The lowest BCUT2D eigenvalue weighted by Crippen LogP contribution is -2.30. The van der Waals surface area contributed by atoms with Crippen molar-refractivity contribution in [2.24, 2.45) is 0 Å². The SMILES string of the molecule is COc1ccc(CN(C)C(=O)Cn2c(-c3cccs3)n[nH]c2=S)c(OC)c1OC. The quantitative estimate of drug-likeness (QED) is 0.548. The summed E-state index contributed by atoms with van der Waals surface area (Å²) in [5.41, 5.74) is 0.801. The summed E-state index contributed by atoms with van der Waals surface area (Å²) >= 11 is 6.85. The van der Waals surface area contributed by atoms with Gasteiger partial charge in [-0.15, -0.1) is 11.3 Å². The highest BCUT2D eigenvalue weighted by Gasteiger charge is 2.20. The topological polar surface area (TPSA) is 81.6 Å². The van der Waals surface area contributed by atoms with Crippen molar-refractivity contribution >= 4 is 29.5 Å². The number of nitrogens with one attached hydrogen (secondary N) is 1. The van der Waals surface area contributed by atoms with E-state index in [1.807, 2.05) is 23.6 Å². The van der Waals surface area contributed by atoms with Gasteiger partial charge < -0.3 is 19.1 Å². The highest BCUT2D eigenvalue weighted by Crippen LogP contribution is 2.40. The minimum absolute atomic E-state index is 0.0780. The van der Waals surface area contributed by atoms with E-state index in [1.165, 1.54) is 11.3 Å². The Bertz CT molecular complexity index is 1040. The van der Waals surface area contributed by atoms with E-state index in [0.29, 0.717) is 34.4 Å². The van der Waals surface area contributed by atoms with Crippen LogP contribution in [0.1, 0.15) is 5.56 Å². The van der Waals surface area contributed by atoms with Gasteiger partial charge in [-0.2, -0.15) is 5.10 Å². The average Bonchev–Trinajstić information content (AvgIpc) is 3.37. The maximum atomic E-state index is 12.9. The van der Waals surface area contributed by atoms with Gasteiger partial charge in [-0.1, -0.05) is 6.07 Å². The molecule has 3 aromatic rings. The number of nitrogens with zero attached hydrogens (tertiary/aromatic N) is 3. The molecule has 1 N–H and O–H groups in total. The average molecular weight is 435 g/mol. The number of aromatic amines is 1. The number of methoxy groups -OCH3 is 3. The van der Waals surface area contributed by atoms with E-state index < -0.39 is 0 Å². The van der Waals surface area contributed by atoms with Crippen LogP contribution in [0.25, 0.3) is 10.7 Å². The molecule has 154 valence electrons. The summed E-state index contributed by atoms with van der Waals surface area (Å²) in [7, 11) is 6.39. The van der Waals surface area contributed by atoms with Crippen LogP contribution in [0, 0.1) is 4.77 Å². The molecule has 1 amide bonds. The Hall–Kier alpha value is -2.85. The van der Waals surface area contributed by atoms with Crippen molar-refractivity contribution in [1.82, 2.24) is 19.7 Å². The molecule has 10 heteroatoms. The second kappa shape index (κ2) is 9.10. The standard InChI is InChI=1S/C19H22N4O4S2/c1-22(10-12-7-8-13(25-2)17(27-4)16(12)26-3)15(24)11-23-18(20-21-19(23)28)14-6-5-9-29-14/h5-9H,10-11H2,1-4H3,(H,21,28). The molecule has 29 heavy (non-hydrogen) atoms. The Morgan fingerprint density at radius 3 is 2.59 bits per heavy atom. The van der Waals surface area contributed by atoms with Gasteiger partial charge in [0.05, 0.1) is 26.2 Å². The third kappa shape index (κ3) is 4.28. The molecule has 0 saturated carbocycles. The molecule has 0 spiro atoms. The number of aromatic nitrogens is 3. The molecule has 0 aliphatic rings. The maximum Gasteiger partial charge on any atom is 0.242 e. The van der Waals surface area contributed by atoms with Crippen molar-refractivity contribution in [3.05, 3.63) is 40.0 Å². The number of ether oxygens (including phenoxy) is 3. The summed E-state index contributed by atoms with van der Waals surface area (Å²) in [6, 6.07) is 7.51. The second-order valence-corrected chi connectivity index (χ2v) is 7.49. The Balaban J connectivity index is 1.81. The van der Waals surface area contributed by atoms with Crippen molar-refractivity contribution < 1.29 is 19.0 Å². The number of benzene rings is 1. The van der Waals surface area contributed by atoms with Crippen molar-refractivity contribution in [2.45, 2.75) is 13.1 Å². The Kier molecular flexibility index (Phi) is 6.55. The summed E-state index contributed by atoms with van der Waals surface area (Å²) in [5.74, 6) is 2.12. The molecule has 0 aliphatic heterocycles. The van der Waals surface area contributed by atoms with Gasteiger partial charge in [0, 0.05) is 19.2 Å². The van der Waals surface area contributed by atoms with E-state index in [9.17, 15) is 4.79 Å². The Morgan fingerprint density at radius 2 is 1.97 bits per heavy atom. The molecule has 2 heterocycles. The Labute approximate surface area is 177 Å². The molecule has 0 bridgehead atoms. The molecule has 1 aromatic carbocycles.